The maximum Gasteiger partial charge on any atom is 0.129 e. The third kappa shape index (κ3) is 3.74. The molecule has 106 valence electrons. The summed E-state index contributed by atoms with van der Waals surface area (Å²) in [4.78, 5) is 0. The average molecular weight is 336 g/mol. The van der Waals surface area contributed by atoms with Crippen LogP contribution in [0.4, 0.5) is 0 Å². The molecule has 0 saturated heterocycles. The summed E-state index contributed by atoms with van der Waals surface area (Å²) in [5.74, 6) is 1.12. The van der Waals surface area contributed by atoms with Crippen molar-refractivity contribution < 1.29 is 9.84 Å². The Morgan fingerprint density at radius 3 is 2.75 bits per heavy atom. The molecule has 1 atom stereocenters. The number of nitrogens with one attached hydrogen (secondary N) is 1. The maximum atomic E-state index is 9.48. The van der Waals surface area contributed by atoms with E-state index in [4.69, 9.17) is 4.74 Å². The fourth-order valence-electron chi connectivity index (χ4n) is 1.96. The molecule has 0 aliphatic heterocycles. The molecule has 0 aromatic heterocycles. The smallest absolute Gasteiger partial charge is 0.129 e. The highest BCUT2D eigenvalue weighted by Gasteiger charge is 2.06. The summed E-state index contributed by atoms with van der Waals surface area (Å²) in [6, 6.07) is 13.8. The number of hydrogen-bond donors (Lipinski definition) is 2. The lowest BCUT2D eigenvalue weighted by Crippen LogP contribution is -2.18. The van der Waals surface area contributed by atoms with Crippen molar-refractivity contribution in [1.82, 2.24) is 5.32 Å². The lowest BCUT2D eigenvalue weighted by atomic mass is 10.1. The number of rotatable bonds is 5. The molecule has 2 aromatic carbocycles. The number of phenolic OH excluding ortho intramolecular Hbond substituents is 1. The van der Waals surface area contributed by atoms with Gasteiger partial charge in [0.15, 0.2) is 0 Å². The van der Waals surface area contributed by atoms with E-state index in [-0.39, 0.29) is 11.8 Å². The van der Waals surface area contributed by atoms with Crippen molar-refractivity contribution >= 4 is 15.9 Å². The second kappa shape index (κ2) is 6.77. The molecular weight excluding hydrogens is 318 g/mol. The summed E-state index contributed by atoms with van der Waals surface area (Å²) in [6.45, 7) is 2.85. The van der Waals surface area contributed by atoms with Crippen molar-refractivity contribution in [3.63, 3.8) is 0 Å². The second-order valence-electron chi connectivity index (χ2n) is 4.66. The molecule has 0 radical (unpaired) electrons. The van der Waals surface area contributed by atoms with Gasteiger partial charge >= 0.3 is 0 Å². The SMILES string of the molecule is COc1cccc(C(C)NCc2ccc(O)c(Br)c2)c1. The van der Waals surface area contributed by atoms with E-state index in [9.17, 15) is 5.11 Å². The molecule has 0 heterocycles. The van der Waals surface area contributed by atoms with E-state index >= 15 is 0 Å². The standard InChI is InChI=1S/C16H18BrNO2/c1-11(13-4-3-5-14(9-13)20-2)18-10-12-6-7-16(19)15(17)8-12/h3-9,11,18-19H,10H2,1-2H3. The summed E-state index contributed by atoms with van der Waals surface area (Å²) in [5.41, 5.74) is 2.30. The average Bonchev–Trinajstić information content (AvgIpc) is 2.48. The highest BCUT2D eigenvalue weighted by Crippen LogP contribution is 2.25. The quantitative estimate of drug-likeness (QED) is 0.867. The second-order valence-corrected chi connectivity index (χ2v) is 5.52. The zero-order chi connectivity index (χ0) is 14.5. The monoisotopic (exact) mass is 335 g/mol. The molecule has 3 nitrogen and oxygen atoms in total. The lowest BCUT2D eigenvalue weighted by molar-refractivity contribution is 0.413. The van der Waals surface area contributed by atoms with Crippen molar-refractivity contribution in [1.29, 1.82) is 0 Å². The number of hydrogen-bond acceptors (Lipinski definition) is 3. The van der Waals surface area contributed by atoms with Crippen LogP contribution >= 0.6 is 15.9 Å². The van der Waals surface area contributed by atoms with Gasteiger partial charge in [0.2, 0.25) is 0 Å². The Morgan fingerprint density at radius 1 is 1.25 bits per heavy atom. The molecule has 2 N–H and O–H groups in total. The predicted octanol–water partition coefficient (Wildman–Crippen LogP) is 4.01. The van der Waals surface area contributed by atoms with E-state index in [0.29, 0.717) is 4.47 Å². The third-order valence-corrected chi connectivity index (χ3v) is 3.85. The van der Waals surface area contributed by atoms with Crippen LogP contribution in [0.5, 0.6) is 11.5 Å². The molecule has 0 amide bonds. The summed E-state index contributed by atoms with van der Waals surface area (Å²) >= 11 is 3.32. The predicted molar refractivity (Wildman–Crippen MR) is 84.1 cm³/mol. The highest BCUT2D eigenvalue weighted by molar-refractivity contribution is 9.10. The topological polar surface area (TPSA) is 41.5 Å². The van der Waals surface area contributed by atoms with Gasteiger partial charge in [-0.05, 0) is 58.2 Å². The normalized spacial score (nSPS) is 12.2. The molecule has 0 aliphatic carbocycles. The first-order valence-electron chi connectivity index (χ1n) is 6.45. The number of halogens is 1. The number of aromatic hydroxyl groups is 1. The fourth-order valence-corrected chi connectivity index (χ4v) is 2.39. The Balaban J connectivity index is 2.00. The van der Waals surface area contributed by atoms with E-state index in [1.807, 2.05) is 30.3 Å². The minimum absolute atomic E-state index is 0.220. The first kappa shape index (κ1) is 14.9. The molecule has 20 heavy (non-hydrogen) atoms. The zero-order valence-electron chi connectivity index (χ0n) is 11.6. The summed E-state index contributed by atoms with van der Waals surface area (Å²) < 4.78 is 5.95. The van der Waals surface area contributed by atoms with Crippen molar-refractivity contribution in [2.45, 2.75) is 19.5 Å². The van der Waals surface area contributed by atoms with Gasteiger partial charge in [0, 0.05) is 12.6 Å². The van der Waals surface area contributed by atoms with Crippen molar-refractivity contribution in [3.8, 4) is 11.5 Å². The van der Waals surface area contributed by atoms with Gasteiger partial charge in [0.1, 0.15) is 11.5 Å². The van der Waals surface area contributed by atoms with E-state index in [0.717, 1.165) is 17.9 Å². The summed E-state index contributed by atoms with van der Waals surface area (Å²) in [5, 5.41) is 12.9. The van der Waals surface area contributed by atoms with Crippen LogP contribution in [0.25, 0.3) is 0 Å². The Hall–Kier alpha value is -1.52. The lowest BCUT2D eigenvalue weighted by Gasteiger charge is -2.15. The van der Waals surface area contributed by atoms with Crippen molar-refractivity contribution in [2.75, 3.05) is 7.11 Å². The van der Waals surface area contributed by atoms with Gasteiger partial charge < -0.3 is 15.2 Å². The van der Waals surface area contributed by atoms with Crippen LogP contribution < -0.4 is 10.1 Å². The van der Waals surface area contributed by atoms with Crippen LogP contribution in [0.15, 0.2) is 46.9 Å². The van der Waals surface area contributed by atoms with Crippen molar-refractivity contribution in [3.05, 3.63) is 58.1 Å². The van der Waals surface area contributed by atoms with Gasteiger partial charge in [0.25, 0.3) is 0 Å². The zero-order valence-corrected chi connectivity index (χ0v) is 13.1. The van der Waals surface area contributed by atoms with E-state index in [1.165, 1.54) is 5.56 Å². The molecule has 4 heteroatoms. The Labute approximate surface area is 127 Å². The van der Waals surface area contributed by atoms with Gasteiger partial charge in [0.05, 0.1) is 11.6 Å². The Kier molecular flexibility index (Phi) is 5.04. The van der Waals surface area contributed by atoms with E-state index in [1.54, 1.807) is 13.2 Å². The minimum atomic E-state index is 0.220. The van der Waals surface area contributed by atoms with Crippen LogP contribution in [0.3, 0.4) is 0 Å². The van der Waals surface area contributed by atoms with Crippen LogP contribution in [-0.2, 0) is 6.54 Å². The molecule has 2 rings (SSSR count). The van der Waals surface area contributed by atoms with Gasteiger partial charge in [-0.1, -0.05) is 18.2 Å². The molecule has 0 saturated carbocycles. The number of phenols is 1. The Morgan fingerprint density at radius 2 is 2.05 bits per heavy atom. The van der Waals surface area contributed by atoms with Crippen LogP contribution in [0.1, 0.15) is 24.1 Å². The van der Waals surface area contributed by atoms with Gasteiger partial charge in [-0.2, -0.15) is 0 Å². The van der Waals surface area contributed by atoms with Crippen molar-refractivity contribution in [2.24, 2.45) is 0 Å². The molecule has 0 aliphatic rings. The molecule has 0 spiro atoms. The van der Waals surface area contributed by atoms with Crippen LogP contribution in [-0.4, -0.2) is 12.2 Å². The largest absolute Gasteiger partial charge is 0.507 e. The fraction of sp³-hybridized carbons (Fsp3) is 0.250. The van der Waals surface area contributed by atoms with E-state index < -0.39 is 0 Å². The minimum Gasteiger partial charge on any atom is -0.507 e. The number of methoxy groups -OCH3 is 1. The highest BCUT2D eigenvalue weighted by atomic mass is 79.9. The number of benzene rings is 2. The molecular formula is C16H18BrNO2. The third-order valence-electron chi connectivity index (χ3n) is 3.22. The molecule has 0 bridgehead atoms. The first-order valence-corrected chi connectivity index (χ1v) is 7.24. The Bertz CT molecular complexity index is 586. The van der Waals surface area contributed by atoms with Crippen LogP contribution in [0.2, 0.25) is 0 Å². The van der Waals surface area contributed by atoms with Gasteiger partial charge in [-0.15, -0.1) is 0 Å². The summed E-state index contributed by atoms with van der Waals surface area (Å²) in [6.07, 6.45) is 0. The molecule has 1 unspecified atom stereocenters. The van der Waals surface area contributed by atoms with E-state index in [2.05, 4.69) is 34.2 Å². The first-order chi connectivity index (χ1) is 9.60. The molecule has 2 aromatic rings. The van der Waals surface area contributed by atoms with Crippen LogP contribution in [0, 0.1) is 0 Å². The number of ether oxygens (including phenoxy) is 1. The maximum absolute atomic E-state index is 9.48. The van der Waals surface area contributed by atoms with Gasteiger partial charge in [-0.3, -0.25) is 0 Å². The molecule has 0 fully saturated rings. The van der Waals surface area contributed by atoms with Gasteiger partial charge in [-0.25, -0.2) is 0 Å². The summed E-state index contributed by atoms with van der Waals surface area (Å²) in [7, 11) is 1.67.